The van der Waals surface area contributed by atoms with Gasteiger partial charge in [-0.05, 0) is 6.92 Å². The fourth-order valence-electron chi connectivity index (χ4n) is 1.83. The number of amides is 1. The van der Waals surface area contributed by atoms with Crippen molar-refractivity contribution in [3.8, 4) is 17.2 Å². The molecule has 1 amide bonds. The Hall–Kier alpha value is -1.95. The normalized spacial score (nSPS) is 13.2. The number of carbonyl (C=O) groups is 1. The molecule has 0 saturated heterocycles. The van der Waals surface area contributed by atoms with Crippen LogP contribution in [-0.2, 0) is 11.3 Å². The first kappa shape index (κ1) is 17.1. The Labute approximate surface area is 125 Å². The second-order valence-corrected chi connectivity index (χ2v) is 4.88. The molecule has 6 nitrogen and oxygen atoms in total. The van der Waals surface area contributed by atoms with E-state index >= 15 is 0 Å². The van der Waals surface area contributed by atoms with Crippen LogP contribution >= 0.6 is 0 Å². The fourth-order valence-corrected chi connectivity index (χ4v) is 1.83. The van der Waals surface area contributed by atoms with Crippen molar-refractivity contribution in [3.63, 3.8) is 0 Å². The highest BCUT2D eigenvalue weighted by Gasteiger charge is 2.19. The highest BCUT2D eigenvalue weighted by atomic mass is 16.5. The second-order valence-electron chi connectivity index (χ2n) is 4.88. The van der Waals surface area contributed by atoms with Crippen LogP contribution in [0.3, 0.4) is 0 Å². The third kappa shape index (κ3) is 4.26. The van der Waals surface area contributed by atoms with Gasteiger partial charge in [-0.2, -0.15) is 0 Å². The molecule has 0 saturated carbocycles. The van der Waals surface area contributed by atoms with Gasteiger partial charge in [0.1, 0.15) is 17.2 Å². The summed E-state index contributed by atoms with van der Waals surface area (Å²) in [4.78, 5) is 12.0. The highest BCUT2D eigenvalue weighted by molar-refractivity contribution is 5.79. The molecule has 0 aliphatic rings. The van der Waals surface area contributed by atoms with E-state index in [-0.39, 0.29) is 17.9 Å². The first-order valence-corrected chi connectivity index (χ1v) is 6.76. The van der Waals surface area contributed by atoms with E-state index in [1.165, 1.54) is 0 Å². The van der Waals surface area contributed by atoms with E-state index < -0.39 is 0 Å². The van der Waals surface area contributed by atoms with E-state index in [0.29, 0.717) is 23.8 Å². The van der Waals surface area contributed by atoms with Gasteiger partial charge in [-0.1, -0.05) is 6.92 Å². The maximum atomic E-state index is 12.0. The van der Waals surface area contributed by atoms with Crippen LogP contribution in [0.2, 0.25) is 0 Å². The van der Waals surface area contributed by atoms with Crippen molar-refractivity contribution in [1.29, 1.82) is 0 Å². The van der Waals surface area contributed by atoms with Gasteiger partial charge in [0.2, 0.25) is 5.91 Å². The molecule has 21 heavy (non-hydrogen) atoms. The average molecular weight is 296 g/mol. The number of nitrogens with one attached hydrogen (secondary N) is 1. The lowest BCUT2D eigenvalue weighted by Gasteiger charge is -2.18. The number of nitrogens with two attached hydrogens (primary N) is 1. The van der Waals surface area contributed by atoms with E-state index in [1.54, 1.807) is 47.3 Å². The molecule has 0 fully saturated rings. The lowest BCUT2D eigenvalue weighted by atomic mass is 10.0. The topological polar surface area (TPSA) is 82.8 Å². The lowest BCUT2D eigenvalue weighted by molar-refractivity contribution is -0.125. The Morgan fingerprint density at radius 2 is 1.67 bits per heavy atom. The number of hydrogen-bond donors (Lipinski definition) is 2. The molecule has 118 valence electrons. The number of methoxy groups -OCH3 is 3. The molecule has 1 aromatic rings. The van der Waals surface area contributed by atoms with Gasteiger partial charge in [-0.3, -0.25) is 4.79 Å². The number of ether oxygens (including phenoxy) is 3. The quantitative estimate of drug-likeness (QED) is 0.793. The third-order valence-corrected chi connectivity index (χ3v) is 3.46. The number of hydrogen-bond acceptors (Lipinski definition) is 5. The molecule has 2 atom stereocenters. The van der Waals surface area contributed by atoms with Gasteiger partial charge in [0.25, 0.3) is 0 Å². The van der Waals surface area contributed by atoms with Crippen LogP contribution in [0.4, 0.5) is 0 Å². The van der Waals surface area contributed by atoms with E-state index in [9.17, 15) is 4.79 Å². The molecule has 6 heteroatoms. The molecule has 0 heterocycles. The largest absolute Gasteiger partial charge is 0.496 e. The standard InChI is InChI=1S/C15H24N2O4/c1-9(10(2)16)15(18)17-8-12-13(20-4)6-11(19-3)7-14(12)21-5/h6-7,9-10H,8,16H2,1-5H3,(H,17,18). The summed E-state index contributed by atoms with van der Waals surface area (Å²) < 4.78 is 15.9. The monoisotopic (exact) mass is 296 g/mol. The summed E-state index contributed by atoms with van der Waals surface area (Å²) in [7, 11) is 4.69. The summed E-state index contributed by atoms with van der Waals surface area (Å²) >= 11 is 0. The van der Waals surface area contributed by atoms with Crippen LogP contribution in [-0.4, -0.2) is 33.3 Å². The van der Waals surface area contributed by atoms with Gasteiger partial charge in [0.05, 0.1) is 33.4 Å². The van der Waals surface area contributed by atoms with Crippen LogP contribution in [0.15, 0.2) is 12.1 Å². The first-order valence-electron chi connectivity index (χ1n) is 6.76. The van der Waals surface area contributed by atoms with Crippen LogP contribution in [0, 0.1) is 5.92 Å². The van der Waals surface area contributed by atoms with Crippen LogP contribution in [0.1, 0.15) is 19.4 Å². The third-order valence-electron chi connectivity index (χ3n) is 3.46. The summed E-state index contributed by atoms with van der Waals surface area (Å²) in [5.74, 6) is 1.45. The SMILES string of the molecule is COc1cc(OC)c(CNC(=O)C(C)C(C)N)c(OC)c1. The summed E-state index contributed by atoms with van der Waals surface area (Å²) in [5, 5.41) is 2.85. The zero-order valence-corrected chi connectivity index (χ0v) is 13.2. The minimum atomic E-state index is -0.264. The van der Waals surface area contributed by atoms with E-state index in [4.69, 9.17) is 19.9 Å². The molecular formula is C15H24N2O4. The van der Waals surface area contributed by atoms with Gasteiger partial charge >= 0.3 is 0 Å². The maximum absolute atomic E-state index is 12.0. The number of rotatable bonds is 7. The van der Waals surface area contributed by atoms with Gasteiger partial charge in [-0.25, -0.2) is 0 Å². The minimum absolute atomic E-state index is 0.107. The second kappa shape index (κ2) is 7.73. The minimum Gasteiger partial charge on any atom is -0.496 e. The molecule has 0 aliphatic carbocycles. The fraction of sp³-hybridized carbons (Fsp3) is 0.533. The molecule has 3 N–H and O–H groups in total. The predicted molar refractivity (Wildman–Crippen MR) is 80.8 cm³/mol. The first-order chi connectivity index (χ1) is 9.94. The highest BCUT2D eigenvalue weighted by Crippen LogP contribution is 2.33. The van der Waals surface area contributed by atoms with Crippen molar-refractivity contribution in [3.05, 3.63) is 17.7 Å². The molecule has 2 unspecified atom stereocenters. The lowest BCUT2D eigenvalue weighted by Crippen LogP contribution is -2.38. The van der Waals surface area contributed by atoms with Crippen molar-refractivity contribution in [2.24, 2.45) is 11.7 Å². The van der Waals surface area contributed by atoms with Crippen molar-refractivity contribution >= 4 is 5.91 Å². The average Bonchev–Trinajstić information content (AvgIpc) is 2.50. The zero-order chi connectivity index (χ0) is 16.0. The van der Waals surface area contributed by atoms with Gasteiger partial charge in [0.15, 0.2) is 0 Å². The Kier molecular flexibility index (Phi) is 6.30. The van der Waals surface area contributed by atoms with E-state index in [1.807, 2.05) is 0 Å². The number of carbonyl (C=O) groups excluding carboxylic acids is 1. The Bertz CT molecular complexity index is 464. The molecule has 0 aromatic heterocycles. The van der Waals surface area contributed by atoms with Gasteiger partial charge in [0, 0.05) is 24.1 Å². The van der Waals surface area contributed by atoms with Crippen molar-refractivity contribution in [1.82, 2.24) is 5.32 Å². The smallest absolute Gasteiger partial charge is 0.224 e. The van der Waals surface area contributed by atoms with E-state index in [0.717, 1.165) is 5.56 Å². The van der Waals surface area contributed by atoms with E-state index in [2.05, 4.69) is 5.32 Å². The summed E-state index contributed by atoms with van der Waals surface area (Å²) in [6.45, 7) is 3.90. The van der Waals surface area contributed by atoms with Crippen LogP contribution in [0.25, 0.3) is 0 Å². The van der Waals surface area contributed by atoms with Crippen LogP contribution in [0.5, 0.6) is 17.2 Å². The molecule has 1 rings (SSSR count). The van der Waals surface area contributed by atoms with Crippen molar-refractivity contribution < 1.29 is 19.0 Å². The Morgan fingerprint density at radius 3 is 2.05 bits per heavy atom. The molecular weight excluding hydrogens is 272 g/mol. The summed E-state index contributed by atoms with van der Waals surface area (Å²) in [6, 6.07) is 3.29. The molecule has 0 aliphatic heterocycles. The Balaban J connectivity index is 2.94. The van der Waals surface area contributed by atoms with Gasteiger partial charge in [-0.15, -0.1) is 0 Å². The maximum Gasteiger partial charge on any atom is 0.224 e. The summed E-state index contributed by atoms with van der Waals surface area (Å²) in [6.07, 6.45) is 0. The van der Waals surface area contributed by atoms with Gasteiger partial charge < -0.3 is 25.3 Å². The Morgan fingerprint density at radius 1 is 1.14 bits per heavy atom. The molecule has 0 radical (unpaired) electrons. The molecule has 1 aromatic carbocycles. The summed E-state index contributed by atoms with van der Waals surface area (Å²) in [5.41, 5.74) is 6.48. The molecule has 0 spiro atoms. The van der Waals surface area contributed by atoms with Crippen molar-refractivity contribution in [2.45, 2.75) is 26.4 Å². The zero-order valence-electron chi connectivity index (χ0n) is 13.2. The number of benzene rings is 1. The van der Waals surface area contributed by atoms with Crippen LogP contribution < -0.4 is 25.3 Å². The molecule has 0 bridgehead atoms. The van der Waals surface area contributed by atoms with Crippen molar-refractivity contribution in [2.75, 3.05) is 21.3 Å². The predicted octanol–water partition coefficient (Wildman–Crippen LogP) is 1.31.